The van der Waals surface area contributed by atoms with Crippen LogP contribution in [0.4, 0.5) is 4.39 Å². The molecule has 0 fully saturated rings. The summed E-state index contributed by atoms with van der Waals surface area (Å²) in [6.07, 6.45) is 0.283. The average Bonchev–Trinajstić information content (AvgIpc) is 3.04. The molecule has 0 bridgehead atoms. The van der Waals surface area contributed by atoms with E-state index in [1.165, 1.54) is 12.1 Å². The summed E-state index contributed by atoms with van der Waals surface area (Å²) in [7, 11) is 0. The number of fused-ring (bicyclic) bond motifs is 2. The molecule has 0 aliphatic heterocycles. The van der Waals surface area contributed by atoms with Gasteiger partial charge in [-0.1, -0.05) is 49.4 Å². The lowest BCUT2D eigenvalue weighted by Gasteiger charge is -2.12. The SMILES string of the molecule is CCC(=O)NCc1c(C(=O)O)n(Cc2cccc3ccccc23)c2ccc(F)cc12. The molecule has 5 nitrogen and oxygen atoms in total. The predicted molar refractivity (Wildman–Crippen MR) is 114 cm³/mol. The van der Waals surface area contributed by atoms with Gasteiger partial charge in [-0.05, 0) is 34.5 Å². The highest BCUT2D eigenvalue weighted by Gasteiger charge is 2.23. The van der Waals surface area contributed by atoms with Crippen molar-refractivity contribution in [1.29, 1.82) is 0 Å². The molecule has 0 atom stereocenters. The van der Waals surface area contributed by atoms with Gasteiger partial charge in [-0.25, -0.2) is 9.18 Å². The third-order valence-electron chi connectivity index (χ3n) is 5.32. The number of rotatable bonds is 6. The second-order valence-corrected chi connectivity index (χ2v) is 7.15. The zero-order chi connectivity index (χ0) is 21.3. The summed E-state index contributed by atoms with van der Waals surface area (Å²) in [6, 6.07) is 18.0. The van der Waals surface area contributed by atoms with Crippen LogP contribution in [0.5, 0.6) is 0 Å². The molecule has 0 unspecified atom stereocenters. The van der Waals surface area contributed by atoms with Crippen LogP contribution in [0.3, 0.4) is 0 Å². The van der Waals surface area contributed by atoms with E-state index in [-0.39, 0.29) is 24.6 Å². The Morgan fingerprint density at radius 3 is 2.57 bits per heavy atom. The van der Waals surface area contributed by atoms with E-state index in [2.05, 4.69) is 5.32 Å². The fraction of sp³-hybridized carbons (Fsp3) is 0.167. The van der Waals surface area contributed by atoms with E-state index in [0.717, 1.165) is 16.3 Å². The normalized spacial score (nSPS) is 11.1. The molecule has 0 aliphatic carbocycles. The molecule has 30 heavy (non-hydrogen) atoms. The monoisotopic (exact) mass is 404 g/mol. The highest BCUT2D eigenvalue weighted by atomic mass is 19.1. The maximum atomic E-state index is 14.0. The topological polar surface area (TPSA) is 71.3 Å². The molecule has 2 N–H and O–H groups in total. The van der Waals surface area contributed by atoms with Crippen molar-refractivity contribution in [2.24, 2.45) is 0 Å². The van der Waals surface area contributed by atoms with E-state index in [9.17, 15) is 19.1 Å². The first kappa shape index (κ1) is 19.6. The molecule has 0 radical (unpaired) electrons. The zero-order valence-corrected chi connectivity index (χ0v) is 16.5. The Morgan fingerprint density at radius 2 is 1.80 bits per heavy atom. The summed E-state index contributed by atoms with van der Waals surface area (Å²) >= 11 is 0. The van der Waals surface area contributed by atoms with Gasteiger partial charge in [0.15, 0.2) is 0 Å². The molecule has 0 saturated heterocycles. The number of carbonyl (C=O) groups excluding carboxylic acids is 1. The summed E-state index contributed by atoms with van der Waals surface area (Å²) < 4.78 is 15.7. The van der Waals surface area contributed by atoms with Gasteiger partial charge in [-0.15, -0.1) is 0 Å². The van der Waals surface area contributed by atoms with Crippen LogP contribution in [-0.4, -0.2) is 21.6 Å². The van der Waals surface area contributed by atoms with Crippen LogP contribution < -0.4 is 5.32 Å². The van der Waals surface area contributed by atoms with E-state index < -0.39 is 11.8 Å². The Bertz CT molecular complexity index is 1270. The summed E-state index contributed by atoms with van der Waals surface area (Å²) in [5.74, 6) is -1.77. The molecule has 0 aliphatic rings. The predicted octanol–water partition coefficient (Wildman–Crippen LogP) is 4.71. The van der Waals surface area contributed by atoms with Gasteiger partial charge < -0.3 is 15.0 Å². The standard InChI is InChI=1S/C24H21FN2O3/c1-2-22(28)26-13-20-19-12-17(25)10-11-21(19)27(23(20)24(29)30)14-16-8-5-7-15-6-3-4-9-18(15)16/h3-12H,2,13-14H2,1H3,(H,26,28)(H,29,30). The molecular formula is C24H21FN2O3. The van der Waals surface area contributed by atoms with E-state index in [1.54, 1.807) is 17.6 Å². The Labute approximate surface area is 172 Å². The maximum Gasteiger partial charge on any atom is 0.352 e. The minimum absolute atomic E-state index is 0.0246. The molecule has 0 saturated carbocycles. The van der Waals surface area contributed by atoms with Crippen molar-refractivity contribution in [2.45, 2.75) is 26.4 Å². The van der Waals surface area contributed by atoms with Crippen molar-refractivity contribution in [3.63, 3.8) is 0 Å². The van der Waals surface area contributed by atoms with Gasteiger partial charge in [0.1, 0.15) is 11.5 Å². The third kappa shape index (κ3) is 3.52. The van der Waals surface area contributed by atoms with Crippen LogP contribution in [0.15, 0.2) is 60.7 Å². The first-order valence-corrected chi connectivity index (χ1v) is 9.77. The summed E-state index contributed by atoms with van der Waals surface area (Å²) in [5, 5.41) is 15.3. The molecule has 4 aromatic rings. The molecule has 1 aromatic heterocycles. The lowest BCUT2D eigenvalue weighted by atomic mass is 10.0. The van der Waals surface area contributed by atoms with Crippen LogP contribution in [0, 0.1) is 5.82 Å². The summed E-state index contributed by atoms with van der Waals surface area (Å²) in [4.78, 5) is 24.0. The minimum atomic E-state index is -1.12. The smallest absolute Gasteiger partial charge is 0.352 e. The molecular weight excluding hydrogens is 383 g/mol. The molecule has 4 rings (SSSR count). The largest absolute Gasteiger partial charge is 0.477 e. The molecule has 0 spiro atoms. The van der Waals surface area contributed by atoms with Crippen LogP contribution in [0.25, 0.3) is 21.7 Å². The number of nitrogens with one attached hydrogen (secondary N) is 1. The highest BCUT2D eigenvalue weighted by Crippen LogP contribution is 2.30. The van der Waals surface area contributed by atoms with Gasteiger partial charge in [0.25, 0.3) is 0 Å². The van der Waals surface area contributed by atoms with Crippen LogP contribution >= 0.6 is 0 Å². The molecule has 1 amide bonds. The minimum Gasteiger partial charge on any atom is -0.477 e. The Kier molecular flexibility index (Phi) is 5.23. The van der Waals surface area contributed by atoms with Gasteiger partial charge in [-0.2, -0.15) is 0 Å². The number of hydrogen-bond donors (Lipinski definition) is 2. The van der Waals surface area contributed by atoms with E-state index in [1.807, 2.05) is 42.5 Å². The van der Waals surface area contributed by atoms with Crippen LogP contribution in [0.2, 0.25) is 0 Å². The molecule has 6 heteroatoms. The highest BCUT2D eigenvalue weighted by molar-refractivity contribution is 5.99. The fourth-order valence-corrected chi connectivity index (χ4v) is 3.90. The Morgan fingerprint density at radius 1 is 1.03 bits per heavy atom. The van der Waals surface area contributed by atoms with Crippen LogP contribution in [0.1, 0.15) is 35.0 Å². The number of aromatic carboxylic acids is 1. The zero-order valence-electron chi connectivity index (χ0n) is 16.5. The lowest BCUT2D eigenvalue weighted by Crippen LogP contribution is -2.23. The van der Waals surface area contributed by atoms with Gasteiger partial charge in [-0.3, -0.25) is 4.79 Å². The van der Waals surface area contributed by atoms with Crippen molar-refractivity contribution < 1.29 is 19.1 Å². The number of benzene rings is 3. The molecule has 1 heterocycles. The van der Waals surface area contributed by atoms with E-state index in [4.69, 9.17) is 0 Å². The summed E-state index contributed by atoms with van der Waals surface area (Å²) in [6.45, 7) is 2.06. The van der Waals surface area contributed by atoms with Crippen molar-refractivity contribution in [2.75, 3.05) is 0 Å². The number of nitrogens with zero attached hydrogens (tertiary/aromatic N) is 1. The fourth-order valence-electron chi connectivity index (χ4n) is 3.90. The lowest BCUT2D eigenvalue weighted by molar-refractivity contribution is -0.120. The summed E-state index contributed by atoms with van der Waals surface area (Å²) in [5.41, 5.74) is 2.03. The number of aromatic nitrogens is 1. The van der Waals surface area contributed by atoms with Crippen molar-refractivity contribution in [3.8, 4) is 0 Å². The van der Waals surface area contributed by atoms with Gasteiger partial charge in [0.2, 0.25) is 5.91 Å². The van der Waals surface area contributed by atoms with Crippen molar-refractivity contribution >= 4 is 33.6 Å². The first-order valence-electron chi connectivity index (χ1n) is 9.77. The number of amides is 1. The number of carbonyl (C=O) groups is 2. The Balaban J connectivity index is 1.91. The first-order chi connectivity index (χ1) is 14.5. The van der Waals surface area contributed by atoms with Gasteiger partial charge in [0.05, 0.1) is 0 Å². The van der Waals surface area contributed by atoms with E-state index >= 15 is 0 Å². The Hall–Kier alpha value is -3.67. The van der Waals surface area contributed by atoms with Crippen molar-refractivity contribution in [1.82, 2.24) is 9.88 Å². The number of carboxylic acid groups (broad SMARTS) is 1. The van der Waals surface area contributed by atoms with E-state index in [0.29, 0.717) is 23.0 Å². The second-order valence-electron chi connectivity index (χ2n) is 7.15. The second kappa shape index (κ2) is 7.99. The number of hydrogen-bond acceptors (Lipinski definition) is 2. The van der Waals surface area contributed by atoms with Crippen LogP contribution in [-0.2, 0) is 17.9 Å². The molecule has 3 aromatic carbocycles. The number of halogens is 1. The average molecular weight is 404 g/mol. The number of carboxylic acids is 1. The third-order valence-corrected chi connectivity index (χ3v) is 5.32. The van der Waals surface area contributed by atoms with Gasteiger partial charge in [0, 0.05) is 36.0 Å². The van der Waals surface area contributed by atoms with Crippen molar-refractivity contribution in [3.05, 3.63) is 83.3 Å². The van der Waals surface area contributed by atoms with Gasteiger partial charge >= 0.3 is 5.97 Å². The molecule has 152 valence electrons. The quantitative estimate of drug-likeness (QED) is 0.489. The maximum absolute atomic E-state index is 14.0.